The van der Waals surface area contributed by atoms with Gasteiger partial charge < -0.3 is 37.4 Å². The second-order valence-corrected chi connectivity index (χ2v) is 8.59. The minimum atomic E-state index is -0.127. The standard InChI is InChI=1S/C19H37N9O/c1-3-12(2)16(11-29)23-17-24-18(27-6-4-5-13(20)8-27)26-19(25-17)28-9-14(21)7-15(22)10-28/h12-16,29H,3-11,20-22H2,1-2H3,(H,23,24,25,26)/t12?,13-,14-,15+,16?/m0/s1. The van der Waals surface area contributed by atoms with Crippen molar-refractivity contribution < 1.29 is 5.11 Å². The summed E-state index contributed by atoms with van der Waals surface area (Å²) in [6, 6.07) is -0.0340. The van der Waals surface area contributed by atoms with E-state index in [1.54, 1.807) is 0 Å². The number of hydrogen-bond donors (Lipinski definition) is 5. The van der Waals surface area contributed by atoms with Gasteiger partial charge in [-0.15, -0.1) is 0 Å². The van der Waals surface area contributed by atoms with Gasteiger partial charge in [-0.3, -0.25) is 0 Å². The summed E-state index contributed by atoms with van der Waals surface area (Å²) in [7, 11) is 0. The number of aromatic nitrogens is 3. The number of aliphatic hydroxyl groups is 1. The lowest BCUT2D eigenvalue weighted by atomic mass is 10.0. The highest BCUT2D eigenvalue weighted by atomic mass is 16.3. The van der Waals surface area contributed by atoms with Gasteiger partial charge in [-0.1, -0.05) is 20.3 Å². The lowest BCUT2D eigenvalue weighted by Gasteiger charge is -2.36. The van der Waals surface area contributed by atoms with Crippen molar-refractivity contribution in [2.75, 3.05) is 47.9 Å². The van der Waals surface area contributed by atoms with Gasteiger partial charge in [-0.2, -0.15) is 15.0 Å². The van der Waals surface area contributed by atoms with Crippen LogP contribution < -0.4 is 32.3 Å². The van der Waals surface area contributed by atoms with E-state index in [9.17, 15) is 5.11 Å². The predicted molar refractivity (Wildman–Crippen MR) is 116 cm³/mol. The topological polar surface area (TPSA) is 155 Å². The van der Waals surface area contributed by atoms with Gasteiger partial charge in [-0.25, -0.2) is 0 Å². The first kappa shape index (κ1) is 21.9. The molecule has 0 amide bonds. The monoisotopic (exact) mass is 407 g/mol. The summed E-state index contributed by atoms with van der Waals surface area (Å²) in [6.45, 7) is 7.12. The van der Waals surface area contributed by atoms with Crippen molar-refractivity contribution in [1.29, 1.82) is 0 Å². The molecule has 0 bridgehead atoms. The van der Waals surface area contributed by atoms with Crippen LogP contribution in [0.5, 0.6) is 0 Å². The lowest BCUT2D eigenvalue weighted by molar-refractivity contribution is 0.240. The molecule has 1 aromatic heterocycles. The number of anilines is 3. The number of hydrogen-bond acceptors (Lipinski definition) is 10. The number of nitrogens with two attached hydrogens (primary N) is 3. The summed E-state index contributed by atoms with van der Waals surface area (Å²) < 4.78 is 0. The first-order valence-corrected chi connectivity index (χ1v) is 10.8. The van der Waals surface area contributed by atoms with Crippen LogP contribution in [0.1, 0.15) is 39.5 Å². The van der Waals surface area contributed by atoms with E-state index < -0.39 is 0 Å². The van der Waals surface area contributed by atoms with Gasteiger partial charge in [0.1, 0.15) is 0 Å². The van der Waals surface area contributed by atoms with Gasteiger partial charge in [0.25, 0.3) is 0 Å². The minimum Gasteiger partial charge on any atom is -0.394 e. The molecule has 0 aliphatic carbocycles. The van der Waals surface area contributed by atoms with E-state index in [1.165, 1.54) is 0 Å². The number of piperidine rings is 2. The number of nitrogens with zero attached hydrogens (tertiary/aromatic N) is 5. The predicted octanol–water partition coefficient (Wildman–Crippen LogP) is -0.517. The van der Waals surface area contributed by atoms with Gasteiger partial charge in [0.05, 0.1) is 12.6 Å². The molecule has 2 aliphatic heterocycles. The smallest absolute Gasteiger partial charge is 0.232 e. The van der Waals surface area contributed by atoms with Crippen LogP contribution in [0, 0.1) is 5.92 Å². The fourth-order valence-corrected chi connectivity index (χ4v) is 4.05. The number of aliphatic hydroxyl groups excluding tert-OH is 1. The first-order valence-electron chi connectivity index (χ1n) is 10.8. The molecule has 0 aromatic carbocycles. The molecule has 2 unspecified atom stereocenters. The van der Waals surface area contributed by atoms with Gasteiger partial charge >= 0.3 is 0 Å². The molecule has 10 heteroatoms. The molecule has 2 aliphatic rings. The van der Waals surface area contributed by atoms with E-state index >= 15 is 0 Å². The molecule has 164 valence electrons. The van der Waals surface area contributed by atoms with E-state index in [0.29, 0.717) is 30.9 Å². The summed E-state index contributed by atoms with van der Waals surface area (Å²) in [6.07, 6.45) is 3.76. The van der Waals surface area contributed by atoms with E-state index in [0.717, 1.165) is 38.8 Å². The summed E-state index contributed by atoms with van der Waals surface area (Å²) >= 11 is 0. The molecule has 0 radical (unpaired) electrons. The zero-order valence-corrected chi connectivity index (χ0v) is 17.7. The molecule has 10 nitrogen and oxygen atoms in total. The SMILES string of the molecule is CCC(C)C(CO)Nc1nc(N2CCC[C@H](N)C2)nc(N2C[C@H](N)C[C@H](N)C2)n1. The van der Waals surface area contributed by atoms with Crippen molar-refractivity contribution in [3.63, 3.8) is 0 Å². The summed E-state index contributed by atoms with van der Waals surface area (Å²) in [5.41, 5.74) is 18.5. The summed E-state index contributed by atoms with van der Waals surface area (Å²) in [4.78, 5) is 18.2. The van der Waals surface area contributed by atoms with Crippen LogP contribution in [0.3, 0.4) is 0 Å². The molecule has 1 aromatic rings. The number of rotatable bonds is 7. The van der Waals surface area contributed by atoms with E-state index in [2.05, 4.69) is 34.0 Å². The molecular formula is C19H37N9O. The summed E-state index contributed by atoms with van der Waals surface area (Å²) in [5.74, 6) is 1.93. The van der Waals surface area contributed by atoms with Gasteiger partial charge in [0.2, 0.25) is 17.8 Å². The van der Waals surface area contributed by atoms with Crippen LogP contribution in [0.15, 0.2) is 0 Å². The molecular weight excluding hydrogens is 370 g/mol. The van der Waals surface area contributed by atoms with Gasteiger partial charge in [0, 0.05) is 44.3 Å². The van der Waals surface area contributed by atoms with Crippen molar-refractivity contribution in [3.8, 4) is 0 Å². The highest BCUT2D eigenvalue weighted by Crippen LogP contribution is 2.23. The molecule has 5 atom stereocenters. The molecule has 3 heterocycles. The van der Waals surface area contributed by atoms with Crippen molar-refractivity contribution in [2.45, 2.75) is 63.7 Å². The fourth-order valence-electron chi connectivity index (χ4n) is 4.05. The molecule has 2 fully saturated rings. The Labute approximate surface area is 173 Å². The fraction of sp³-hybridized carbons (Fsp3) is 0.842. The normalized spacial score (nSPS) is 27.6. The first-order chi connectivity index (χ1) is 13.9. The maximum atomic E-state index is 9.82. The molecule has 2 saturated heterocycles. The Bertz CT molecular complexity index is 651. The van der Waals surface area contributed by atoms with E-state index in [1.807, 2.05) is 4.90 Å². The number of nitrogens with one attached hydrogen (secondary N) is 1. The average Bonchev–Trinajstić information content (AvgIpc) is 2.70. The average molecular weight is 408 g/mol. The quantitative estimate of drug-likeness (QED) is 0.399. The van der Waals surface area contributed by atoms with Crippen molar-refractivity contribution in [2.24, 2.45) is 23.1 Å². The van der Waals surface area contributed by atoms with Crippen LogP contribution in [0.4, 0.5) is 17.8 Å². The van der Waals surface area contributed by atoms with Gasteiger partial charge in [0.15, 0.2) is 0 Å². The van der Waals surface area contributed by atoms with Crippen LogP contribution >= 0.6 is 0 Å². The molecule has 29 heavy (non-hydrogen) atoms. The molecule has 3 rings (SSSR count). The van der Waals surface area contributed by atoms with Crippen LogP contribution in [-0.2, 0) is 0 Å². The van der Waals surface area contributed by atoms with Crippen LogP contribution in [0.25, 0.3) is 0 Å². The second-order valence-electron chi connectivity index (χ2n) is 8.59. The highest BCUT2D eigenvalue weighted by Gasteiger charge is 2.27. The maximum Gasteiger partial charge on any atom is 0.232 e. The highest BCUT2D eigenvalue weighted by molar-refractivity contribution is 5.46. The Morgan fingerprint density at radius 3 is 2.24 bits per heavy atom. The zero-order valence-electron chi connectivity index (χ0n) is 17.7. The third-order valence-electron chi connectivity index (χ3n) is 5.99. The Morgan fingerprint density at radius 1 is 1.03 bits per heavy atom. The largest absolute Gasteiger partial charge is 0.394 e. The van der Waals surface area contributed by atoms with Crippen molar-refractivity contribution >= 4 is 17.8 Å². The molecule has 8 N–H and O–H groups in total. The Kier molecular flexibility index (Phi) is 7.44. The zero-order chi connectivity index (χ0) is 21.0. The van der Waals surface area contributed by atoms with Gasteiger partial charge in [-0.05, 0) is 25.2 Å². The van der Waals surface area contributed by atoms with E-state index in [-0.39, 0.29) is 36.7 Å². The molecule has 0 saturated carbocycles. The Balaban J connectivity index is 1.90. The van der Waals surface area contributed by atoms with Crippen LogP contribution in [0.2, 0.25) is 0 Å². The van der Waals surface area contributed by atoms with E-state index in [4.69, 9.17) is 22.2 Å². The van der Waals surface area contributed by atoms with Crippen molar-refractivity contribution in [3.05, 3.63) is 0 Å². The minimum absolute atomic E-state index is 0.0101. The molecule has 0 spiro atoms. The van der Waals surface area contributed by atoms with Crippen LogP contribution in [-0.4, -0.2) is 77.0 Å². The third kappa shape index (κ3) is 5.65. The third-order valence-corrected chi connectivity index (χ3v) is 5.99. The Hall–Kier alpha value is -1.75. The summed E-state index contributed by atoms with van der Waals surface area (Å²) in [5, 5.41) is 13.1. The maximum absolute atomic E-state index is 9.82. The second kappa shape index (κ2) is 9.84. The van der Waals surface area contributed by atoms with Crippen molar-refractivity contribution in [1.82, 2.24) is 15.0 Å². The Morgan fingerprint density at radius 2 is 1.66 bits per heavy atom. The lowest BCUT2D eigenvalue weighted by Crippen LogP contribution is -2.53.